The third-order valence-corrected chi connectivity index (χ3v) is 5.39. The van der Waals surface area contributed by atoms with Crippen LogP contribution in [0.15, 0.2) is 30.3 Å². The molecule has 27 heavy (non-hydrogen) atoms. The maximum absolute atomic E-state index is 13.3. The van der Waals surface area contributed by atoms with Gasteiger partial charge in [0.25, 0.3) is 0 Å². The summed E-state index contributed by atoms with van der Waals surface area (Å²) in [4.78, 5) is 13.0. The summed E-state index contributed by atoms with van der Waals surface area (Å²) >= 11 is 1.02. The fourth-order valence-corrected chi connectivity index (χ4v) is 3.69. The van der Waals surface area contributed by atoms with Gasteiger partial charge in [-0.2, -0.15) is 13.2 Å². The van der Waals surface area contributed by atoms with Crippen molar-refractivity contribution in [1.82, 2.24) is 5.32 Å². The second kappa shape index (κ2) is 7.46. The van der Waals surface area contributed by atoms with Gasteiger partial charge in [-0.3, -0.25) is 4.79 Å². The smallest absolute Gasteiger partial charge is 0.422 e. The molecule has 0 aliphatic heterocycles. The molecule has 1 aliphatic rings. The zero-order valence-electron chi connectivity index (χ0n) is 14.1. The zero-order chi connectivity index (χ0) is 19.8. The highest BCUT2D eigenvalue weighted by molar-refractivity contribution is 7.13. The van der Waals surface area contributed by atoms with E-state index in [0.717, 1.165) is 17.4 Å². The lowest BCUT2D eigenvalue weighted by Crippen LogP contribution is -2.27. The van der Waals surface area contributed by atoms with E-state index < -0.39 is 30.5 Å². The molecule has 1 unspecified atom stereocenters. The second-order valence-corrected chi connectivity index (χ2v) is 7.52. The molecule has 0 spiro atoms. The summed E-state index contributed by atoms with van der Waals surface area (Å²) in [5.74, 6) is -2.25. The molecule has 3 nitrogen and oxygen atoms in total. The van der Waals surface area contributed by atoms with Gasteiger partial charge in [0.05, 0.1) is 6.04 Å². The molecule has 0 saturated heterocycles. The minimum absolute atomic E-state index is 0.114. The summed E-state index contributed by atoms with van der Waals surface area (Å²) in [6.45, 7) is 0.332. The highest BCUT2D eigenvalue weighted by Gasteiger charge is 2.44. The van der Waals surface area contributed by atoms with Crippen LogP contribution in [0.25, 0.3) is 0 Å². The first-order chi connectivity index (χ1) is 12.6. The van der Waals surface area contributed by atoms with Crippen molar-refractivity contribution >= 4 is 17.2 Å². The van der Waals surface area contributed by atoms with E-state index in [4.69, 9.17) is 0 Å². The molecule has 1 aromatic carbocycles. The average molecular weight is 405 g/mol. The lowest BCUT2D eigenvalue weighted by molar-refractivity contribution is -0.152. The van der Waals surface area contributed by atoms with Crippen LogP contribution in [-0.4, -0.2) is 18.7 Å². The van der Waals surface area contributed by atoms with Gasteiger partial charge >= 0.3 is 6.18 Å². The van der Waals surface area contributed by atoms with E-state index in [-0.39, 0.29) is 22.8 Å². The number of thiophene rings is 1. The van der Waals surface area contributed by atoms with Crippen molar-refractivity contribution in [3.8, 4) is 5.06 Å². The number of hydrogen-bond acceptors (Lipinski definition) is 3. The van der Waals surface area contributed by atoms with Crippen LogP contribution >= 0.6 is 11.3 Å². The monoisotopic (exact) mass is 405 g/mol. The molecule has 1 amide bonds. The molecule has 1 saturated carbocycles. The lowest BCUT2D eigenvalue weighted by atomic mass is 10.1. The summed E-state index contributed by atoms with van der Waals surface area (Å²) in [7, 11) is 0. The van der Waals surface area contributed by atoms with Gasteiger partial charge in [-0.15, -0.1) is 11.3 Å². The maximum atomic E-state index is 13.3. The van der Waals surface area contributed by atoms with E-state index in [2.05, 4.69) is 10.1 Å². The van der Waals surface area contributed by atoms with Crippen molar-refractivity contribution in [2.45, 2.75) is 31.5 Å². The second-order valence-electron chi connectivity index (χ2n) is 6.44. The number of halogens is 5. The Morgan fingerprint density at radius 3 is 2.56 bits per heavy atom. The fraction of sp³-hybridized carbons (Fsp3) is 0.389. The number of ether oxygens (including phenoxy) is 1. The minimum atomic E-state index is -4.42. The Labute approximate surface area is 156 Å². The van der Waals surface area contributed by atoms with Crippen LogP contribution in [0.3, 0.4) is 0 Å². The van der Waals surface area contributed by atoms with E-state index >= 15 is 0 Å². The van der Waals surface area contributed by atoms with Gasteiger partial charge in [0.2, 0.25) is 5.91 Å². The number of hydrogen-bond donors (Lipinski definition) is 1. The van der Waals surface area contributed by atoms with Crippen LogP contribution in [0.1, 0.15) is 35.7 Å². The van der Waals surface area contributed by atoms with Crippen molar-refractivity contribution in [3.05, 3.63) is 52.4 Å². The third-order valence-electron chi connectivity index (χ3n) is 4.21. The van der Waals surface area contributed by atoms with Gasteiger partial charge in [0.1, 0.15) is 11.6 Å². The quantitative estimate of drug-likeness (QED) is 0.691. The number of amides is 1. The largest absolute Gasteiger partial charge is 0.475 e. The van der Waals surface area contributed by atoms with E-state index in [1.807, 2.05) is 0 Å². The molecule has 3 rings (SSSR count). The highest BCUT2D eigenvalue weighted by Crippen LogP contribution is 2.48. The van der Waals surface area contributed by atoms with E-state index in [1.165, 1.54) is 18.2 Å². The first-order valence-electron chi connectivity index (χ1n) is 8.18. The van der Waals surface area contributed by atoms with Crippen molar-refractivity contribution in [2.24, 2.45) is 5.92 Å². The van der Waals surface area contributed by atoms with Crippen molar-refractivity contribution in [2.75, 3.05) is 6.61 Å². The first-order valence-corrected chi connectivity index (χ1v) is 8.99. The first kappa shape index (κ1) is 19.6. The Morgan fingerprint density at radius 1 is 1.26 bits per heavy atom. The summed E-state index contributed by atoms with van der Waals surface area (Å²) < 4.78 is 67.8. The van der Waals surface area contributed by atoms with Crippen LogP contribution in [0.2, 0.25) is 0 Å². The number of rotatable bonds is 6. The Balaban J connectivity index is 1.55. The average Bonchev–Trinajstić information content (AvgIpc) is 3.21. The number of nitrogens with one attached hydrogen (secondary N) is 1. The van der Waals surface area contributed by atoms with Crippen LogP contribution in [-0.2, 0) is 4.79 Å². The van der Waals surface area contributed by atoms with Gasteiger partial charge in [-0.1, -0.05) is 0 Å². The van der Waals surface area contributed by atoms with Crippen molar-refractivity contribution in [1.29, 1.82) is 0 Å². The molecule has 146 valence electrons. The molecule has 2 aromatic rings. The van der Waals surface area contributed by atoms with E-state index in [9.17, 15) is 26.7 Å². The molecular formula is C18H16F5NO2S. The van der Waals surface area contributed by atoms with Crippen LogP contribution in [0, 0.1) is 17.6 Å². The van der Waals surface area contributed by atoms with Crippen molar-refractivity contribution in [3.63, 3.8) is 0 Å². The molecular weight excluding hydrogens is 389 g/mol. The third kappa shape index (κ3) is 5.18. The Kier molecular flexibility index (Phi) is 5.41. The molecule has 9 heteroatoms. The van der Waals surface area contributed by atoms with Crippen LogP contribution < -0.4 is 10.1 Å². The topological polar surface area (TPSA) is 38.3 Å². The molecule has 1 heterocycles. The molecule has 1 aliphatic carbocycles. The minimum Gasteiger partial charge on any atom is -0.475 e. The normalized spacial score (nSPS) is 20.2. The number of benzene rings is 1. The Hall–Kier alpha value is -2.16. The van der Waals surface area contributed by atoms with Gasteiger partial charge < -0.3 is 10.1 Å². The standard InChI is InChI=1S/C18H16F5NO2S/c1-9(15-2-3-16(27-15)26-8-18(21,22)23)24-17(25)14-7-13(14)10-4-11(19)6-12(20)5-10/h2-6,9,13-14H,7-8H2,1H3,(H,24,25)/t9?,13-,14+/m0/s1. The summed E-state index contributed by atoms with van der Waals surface area (Å²) in [5, 5.41) is 2.89. The van der Waals surface area contributed by atoms with Gasteiger partial charge in [0, 0.05) is 16.9 Å². The van der Waals surface area contributed by atoms with Gasteiger partial charge in [-0.25, -0.2) is 8.78 Å². The fourth-order valence-electron chi connectivity index (χ4n) is 2.83. The lowest BCUT2D eigenvalue weighted by Gasteiger charge is -2.12. The summed E-state index contributed by atoms with van der Waals surface area (Å²) in [6.07, 6.45) is -3.92. The zero-order valence-corrected chi connectivity index (χ0v) is 15.0. The number of carbonyl (C=O) groups is 1. The predicted octanol–water partition coefficient (Wildman–Crippen LogP) is 4.95. The Morgan fingerprint density at radius 2 is 1.93 bits per heavy atom. The van der Waals surface area contributed by atoms with Crippen LogP contribution in [0.4, 0.5) is 22.0 Å². The number of carbonyl (C=O) groups excluding carboxylic acids is 1. The highest BCUT2D eigenvalue weighted by atomic mass is 32.1. The SMILES string of the molecule is CC(NC(=O)[C@@H]1C[C@H]1c1cc(F)cc(F)c1)c1ccc(OCC(F)(F)F)s1. The van der Waals surface area contributed by atoms with Crippen LogP contribution in [0.5, 0.6) is 5.06 Å². The predicted molar refractivity (Wildman–Crippen MR) is 89.6 cm³/mol. The Bertz CT molecular complexity index is 815. The van der Waals surface area contributed by atoms with Gasteiger partial charge in [0.15, 0.2) is 11.7 Å². The number of alkyl halides is 3. The van der Waals surface area contributed by atoms with Gasteiger partial charge in [-0.05, 0) is 49.1 Å². The van der Waals surface area contributed by atoms with Crippen molar-refractivity contribution < 1.29 is 31.5 Å². The molecule has 1 N–H and O–H groups in total. The van der Waals surface area contributed by atoms with E-state index in [0.29, 0.717) is 16.9 Å². The van der Waals surface area contributed by atoms with E-state index in [1.54, 1.807) is 13.0 Å². The molecule has 0 bridgehead atoms. The molecule has 1 aromatic heterocycles. The molecule has 0 radical (unpaired) electrons. The summed E-state index contributed by atoms with van der Waals surface area (Å²) in [6, 6.07) is 5.80. The maximum Gasteiger partial charge on any atom is 0.422 e. The molecule has 1 fully saturated rings. The summed E-state index contributed by atoms with van der Waals surface area (Å²) in [5.41, 5.74) is 0.444. The molecule has 3 atom stereocenters.